The van der Waals surface area contributed by atoms with Gasteiger partial charge < -0.3 is 20.0 Å². The van der Waals surface area contributed by atoms with Crippen LogP contribution in [-0.2, 0) is 17.9 Å². The molecule has 0 saturated carbocycles. The minimum absolute atomic E-state index is 0.0107. The van der Waals surface area contributed by atoms with E-state index in [1.54, 1.807) is 30.5 Å². The Labute approximate surface area is 146 Å². The van der Waals surface area contributed by atoms with Crippen molar-refractivity contribution in [2.45, 2.75) is 20.0 Å². The largest absolute Gasteiger partial charge is 0.467 e. The molecule has 134 valence electrons. The van der Waals surface area contributed by atoms with Crippen LogP contribution in [-0.4, -0.2) is 36.9 Å². The number of halogens is 1. The maximum Gasteiger partial charge on any atom is 0.242 e. The minimum atomic E-state index is -0.264. The molecule has 2 aromatic rings. The molecule has 0 atom stereocenters. The average molecular weight is 346 g/mol. The highest BCUT2D eigenvalue weighted by Crippen LogP contribution is 2.06. The second-order valence-corrected chi connectivity index (χ2v) is 5.51. The van der Waals surface area contributed by atoms with Gasteiger partial charge in [-0.1, -0.05) is 12.1 Å². The molecule has 0 bridgehead atoms. The smallest absolute Gasteiger partial charge is 0.242 e. The molecule has 0 aliphatic heterocycles. The fourth-order valence-electron chi connectivity index (χ4n) is 2.21. The third-order valence-corrected chi connectivity index (χ3v) is 3.44. The quantitative estimate of drug-likeness (QED) is 0.595. The lowest BCUT2D eigenvalue weighted by atomic mass is 10.2. The molecule has 0 saturated heterocycles. The van der Waals surface area contributed by atoms with Gasteiger partial charge in [0.25, 0.3) is 0 Å². The molecule has 7 heteroatoms. The first-order chi connectivity index (χ1) is 12.1. The SMILES string of the molecule is CCNC(=NCC(=O)NCc1ccco1)N(C)Cc1ccc(F)cc1. The van der Waals surface area contributed by atoms with Crippen LogP contribution in [0.5, 0.6) is 0 Å². The monoisotopic (exact) mass is 346 g/mol. The highest BCUT2D eigenvalue weighted by Gasteiger charge is 2.08. The average Bonchev–Trinajstić information content (AvgIpc) is 3.12. The summed E-state index contributed by atoms with van der Waals surface area (Å²) in [7, 11) is 1.87. The number of carbonyl (C=O) groups excluding carboxylic acids is 1. The first-order valence-electron chi connectivity index (χ1n) is 8.11. The molecule has 1 amide bonds. The number of guanidine groups is 1. The Morgan fingerprint density at radius 1 is 1.24 bits per heavy atom. The molecule has 0 aliphatic rings. The lowest BCUT2D eigenvalue weighted by molar-refractivity contribution is -0.119. The molecule has 0 radical (unpaired) electrons. The van der Waals surface area contributed by atoms with Crippen LogP contribution in [0.1, 0.15) is 18.2 Å². The summed E-state index contributed by atoms with van der Waals surface area (Å²) >= 11 is 0. The fourth-order valence-corrected chi connectivity index (χ4v) is 2.21. The molecular formula is C18H23FN4O2. The zero-order chi connectivity index (χ0) is 18.1. The van der Waals surface area contributed by atoms with Gasteiger partial charge in [-0.3, -0.25) is 4.79 Å². The van der Waals surface area contributed by atoms with E-state index in [-0.39, 0.29) is 18.3 Å². The van der Waals surface area contributed by atoms with E-state index < -0.39 is 0 Å². The van der Waals surface area contributed by atoms with Gasteiger partial charge in [0.1, 0.15) is 18.1 Å². The van der Waals surface area contributed by atoms with Crippen molar-refractivity contribution in [3.63, 3.8) is 0 Å². The second kappa shape index (κ2) is 9.46. The Balaban J connectivity index is 1.89. The molecule has 0 spiro atoms. The highest BCUT2D eigenvalue weighted by molar-refractivity contribution is 5.84. The number of carbonyl (C=O) groups is 1. The van der Waals surface area contributed by atoms with E-state index >= 15 is 0 Å². The maximum atomic E-state index is 13.0. The Hall–Kier alpha value is -2.83. The predicted octanol–water partition coefficient (Wildman–Crippen LogP) is 2.13. The van der Waals surface area contributed by atoms with Crippen molar-refractivity contribution < 1.29 is 13.6 Å². The summed E-state index contributed by atoms with van der Waals surface area (Å²) in [5.41, 5.74) is 0.955. The van der Waals surface area contributed by atoms with Gasteiger partial charge >= 0.3 is 0 Å². The number of nitrogens with zero attached hydrogens (tertiary/aromatic N) is 2. The van der Waals surface area contributed by atoms with Gasteiger partial charge in [0.2, 0.25) is 5.91 Å². The van der Waals surface area contributed by atoms with E-state index in [0.29, 0.717) is 31.4 Å². The summed E-state index contributed by atoms with van der Waals surface area (Å²) in [6.07, 6.45) is 1.56. The van der Waals surface area contributed by atoms with Crippen LogP contribution in [0.2, 0.25) is 0 Å². The second-order valence-electron chi connectivity index (χ2n) is 5.51. The molecule has 0 unspecified atom stereocenters. The van der Waals surface area contributed by atoms with Crippen molar-refractivity contribution in [3.05, 3.63) is 59.8 Å². The van der Waals surface area contributed by atoms with Gasteiger partial charge in [0.05, 0.1) is 12.8 Å². The number of nitrogens with one attached hydrogen (secondary N) is 2. The van der Waals surface area contributed by atoms with E-state index in [4.69, 9.17) is 4.42 Å². The van der Waals surface area contributed by atoms with Crippen LogP contribution in [0.15, 0.2) is 52.1 Å². The number of hydrogen-bond donors (Lipinski definition) is 2. The third kappa shape index (κ3) is 6.29. The molecule has 0 aliphatic carbocycles. The summed E-state index contributed by atoms with van der Waals surface area (Å²) in [4.78, 5) is 18.1. The lowest BCUT2D eigenvalue weighted by Crippen LogP contribution is -2.39. The molecule has 2 N–H and O–H groups in total. The molecule has 1 aromatic heterocycles. The standard InChI is InChI=1S/C18H23FN4O2/c1-3-20-18(23(2)13-14-6-8-15(19)9-7-14)22-12-17(24)21-11-16-5-4-10-25-16/h4-10H,3,11-13H2,1-2H3,(H,20,22)(H,21,24). The van der Waals surface area contributed by atoms with Gasteiger partial charge in [-0.25, -0.2) is 9.38 Å². The van der Waals surface area contributed by atoms with E-state index in [2.05, 4.69) is 15.6 Å². The van der Waals surface area contributed by atoms with E-state index in [9.17, 15) is 9.18 Å². The number of hydrogen-bond acceptors (Lipinski definition) is 3. The molecule has 0 fully saturated rings. The Morgan fingerprint density at radius 2 is 2.00 bits per heavy atom. The molecule has 1 heterocycles. The normalized spacial score (nSPS) is 11.2. The van der Waals surface area contributed by atoms with E-state index in [1.165, 1.54) is 12.1 Å². The van der Waals surface area contributed by atoms with Gasteiger partial charge in [0, 0.05) is 20.1 Å². The number of benzene rings is 1. The van der Waals surface area contributed by atoms with Crippen LogP contribution in [0.25, 0.3) is 0 Å². The van der Waals surface area contributed by atoms with Gasteiger partial charge in [0.15, 0.2) is 5.96 Å². The van der Waals surface area contributed by atoms with Crippen LogP contribution >= 0.6 is 0 Å². The Morgan fingerprint density at radius 3 is 2.64 bits per heavy atom. The predicted molar refractivity (Wildman–Crippen MR) is 94.4 cm³/mol. The molecule has 6 nitrogen and oxygen atoms in total. The topological polar surface area (TPSA) is 69.9 Å². The third-order valence-electron chi connectivity index (χ3n) is 3.44. The molecule has 1 aromatic carbocycles. The summed E-state index contributed by atoms with van der Waals surface area (Å²) in [6, 6.07) is 9.87. The first-order valence-corrected chi connectivity index (χ1v) is 8.11. The minimum Gasteiger partial charge on any atom is -0.467 e. The summed E-state index contributed by atoms with van der Waals surface area (Å²) in [6.45, 7) is 3.54. The summed E-state index contributed by atoms with van der Waals surface area (Å²) < 4.78 is 18.1. The van der Waals surface area contributed by atoms with Crippen LogP contribution in [0, 0.1) is 5.82 Å². The van der Waals surface area contributed by atoms with Crippen molar-refractivity contribution in [3.8, 4) is 0 Å². The van der Waals surface area contributed by atoms with E-state index in [0.717, 1.165) is 5.56 Å². The summed E-state index contributed by atoms with van der Waals surface area (Å²) in [5.74, 6) is 0.847. The van der Waals surface area contributed by atoms with Crippen molar-refractivity contribution in [1.82, 2.24) is 15.5 Å². The fraction of sp³-hybridized carbons (Fsp3) is 0.333. The van der Waals surface area contributed by atoms with Crippen molar-refractivity contribution in [2.24, 2.45) is 4.99 Å². The number of amides is 1. The lowest BCUT2D eigenvalue weighted by Gasteiger charge is -2.22. The molecule has 25 heavy (non-hydrogen) atoms. The number of aliphatic imine (C=N–C) groups is 1. The van der Waals surface area contributed by atoms with Gasteiger partial charge in [-0.2, -0.15) is 0 Å². The van der Waals surface area contributed by atoms with Crippen LogP contribution in [0.4, 0.5) is 4.39 Å². The number of furan rings is 1. The van der Waals surface area contributed by atoms with E-state index in [1.807, 2.05) is 18.9 Å². The number of rotatable bonds is 7. The van der Waals surface area contributed by atoms with Gasteiger partial charge in [-0.15, -0.1) is 0 Å². The van der Waals surface area contributed by atoms with Crippen molar-refractivity contribution in [2.75, 3.05) is 20.1 Å². The zero-order valence-corrected chi connectivity index (χ0v) is 14.5. The molecule has 2 rings (SSSR count). The Bertz CT molecular complexity index is 684. The Kier molecular flexibility index (Phi) is 7.00. The van der Waals surface area contributed by atoms with Crippen LogP contribution in [0.3, 0.4) is 0 Å². The first kappa shape index (κ1) is 18.5. The highest BCUT2D eigenvalue weighted by atomic mass is 19.1. The van der Waals surface area contributed by atoms with Crippen molar-refractivity contribution >= 4 is 11.9 Å². The zero-order valence-electron chi connectivity index (χ0n) is 14.5. The van der Waals surface area contributed by atoms with Crippen LogP contribution < -0.4 is 10.6 Å². The van der Waals surface area contributed by atoms with Gasteiger partial charge in [-0.05, 0) is 36.8 Å². The maximum absolute atomic E-state index is 13.0. The van der Waals surface area contributed by atoms with Crippen molar-refractivity contribution in [1.29, 1.82) is 0 Å². The molecular weight excluding hydrogens is 323 g/mol. The summed E-state index contributed by atoms with van der Waals surface area (Å²) in [5, 5.41) is 5.89.